The van der Waals surface area contributed by atoms with E-state index < -0.39 is 28.5 Å². The van der Waals surface area contributed by atoms with E-state index in [1.165, 1.54) is 37.3 Å². The number of halogens is 1. The van der Waals surface area contributed by atoms with Crippen LogP contribution in [-0.4, -0.2) is 58.0 Å². The number of anilines is 1. The summed E-state index contributed by atoms with van der Waals surface area (Å²) in [6.07, 6.45) is 3.89. The van der Waals surface area contributed by atoms with Gasteiger partial charge in [-0.2, -0.15) is 0 Å². The standard InChI is InChI=1S/C33H40ClN3O6S/c1-22-16-23(2)18-28(17-22)37(44(40,41)29-14-15-30(42-4)31(19-29)43-5)21-32(38)36(20-25-10-12-26(34)13-11-25)24(3)33(39)35-27-8-6-7-9-27/h10-19,24,27H,6-9,20-21H2,1-5H3,(H,35,39). The number of carbonyl (C=O) groups is 2. The van der Waals surface area contributed by atoms with E-state index in [9.17, 15) is 18.0 Å². The van der Waals surface area contributed by atoms with Gasteiger partial charge in [0.15, 0.2) is 11.5 Å². The quantitative estimate of drug-likeness (QED) is 0.274. The van der Waals surface area contributed by atoms with E-state index in [2.05, 4.69) is 5.32 Å². The molecule has 1 atom stereocenters. The average Bonchev–Trinajstić information content (AvgIpc) is 3.51. The molecule has 1 unspecified atom stereocenters. The molecule has 0 heterocycles. The number of ether oxygens (including phenoxy) is 2. The van der Waals surface area contributed by atoms with Crippen LogP contribution in [0.25, 0.3) is 0 Å². The van der Waals surface area contributed by atoms with Crippen molar-refractivity contribution in [2.24, 2.45) is 0 Å². The van der Waals surface area contributed by atoms with Gasteiger partial charge in [0, 0.05) is 23.7 Å². The van der Waals surface area contributed by atoms with Gasteiger partial charge in [-0.3, -0.25) is 13.9 Å². The number of nitrogens with one attached hydrogen (secondary N) is 1. The highest BCUT2D eigenvalue weighted by Gasteiger charge is 2.34. The van der Waals surface area contributed by atoms with Crippen LogP contribution in [0.3, 0.4) is 0 Å². The maximum Gasteiger partial charge on any atom is 0.264 e. The third kappa shape index (κ3) is 7.84. The zero-order chi connectivity index (χ0) is 32.0. The molecule has 1 aliphatic rings. The van der Waals surface area contributed by atoms with Crippen LogP contribution < -0.4 is 19.1 Å². The molecule has 2 amide bonds. The van der Waals surface area contributed by atoms with Gasteiger partial charge in [-0.05, 0) is 86.7 Å². The minimum Gasteiger partial charge on any atom is -0.493 e. The summed E-state index contributed by atoms with van der Waals surface area (Å²) < 4.78 is 40.3. The van der Waals surface area contributed by atoms with Crippen molar-refractivity contribution in [3.8, 4) is 11.5 Å². The minimum atomic E-state index is -4.28. The van der Waals surface area contributed by atoms with Crippen molar-refractivity contribution in [1.29, 1.82) is 0 Å². The highest BCUT2D eigenvalue weighted by Crippen LogP contribution is 2.33. The fourth-order valence-corrected chi connectivity index (χ4v) is 7.03. The van der Waals surface area contributed by atoms with Crippen LogP contribution >= 0.6 is 11.6 Å². The minimum absolute atomic E-state index is 0.0645. The maximum atomic E-state index is 14.3. The molecule has 44 heavy (non-hydrogen) atoms. The number of methoxy groups -OCH3 is 2. The lowest BCUT2D eigenvalue weighted by molar-refractivity contribution is -0.139. The molecule has 0 aromatic heterocycles. The number of benzene rings is 3. The maximum absolute atomic E-state index is 14.3. The molecule has 0 radical (unpaired) electrons. The van der Waals surface area contributed by atoms with Crippen molar-refractivity contribution in [2.75, 3.05) is 25.1 Å². The summed E-state index contributed by atoms with van der Waals surface area (Å²) in [5.41, 5.74) is 2.76. The van der Waals surface area contributed by atoms with Crippen molar-refractivity contribution in [2.45, 2.75) is 70.0 Å². The van der Waals surface area contributed by atoms with Crippen molar-refractivity contribution in [3.05, 3.63) is 82.4 Å². The highest BCUT2D eigenvalue weighted by molar-refractivity contribution is 7.92. The van der Waals surface area contributed by atoms with Crippen molar-refractivity contribution < 1.29 is 27.5 Å². The highest BCUT2D eigenvalue weighted by atomic mass is 35.5. The SMILES string of the molecule is COc1ccc(S(=O)(=O)N(CC(=O)N(Cc2ccc(Cl)cc2)C(C)C(=O)NC2CCCC2)c2cc(C)cc(C)c2)cc1OC. The number of hydrogen-bond donors (Lipinski definition) is 1. The average molecular weight is 642 g/mol. The number of rotatable bonds is 12. The molecule has 1 N–H and O–H groups in total. The third-order valence-electron chi connectivity index (χ3n) is 7.85. The van der Waals surface area contributed by atoms with Crippen molar-refractivity contribution in [3.63, 3.8) is 0 Å². The zero-order valence-electron chi connectivity index (χ0n) is 25.8. The number of amides is 2. The van der Waals surface area contributed by atoms with Gasteiger partial charge in [-0.15, -0.1) is 0 Å². The second-order valence-electron chi connectivity index (χ2n) is 11.2. The Bertz CT molecular complexity index is 1570. The van der Waals surface area contributed by atoms with E-state index in [4.69, 9.17) is 21.1 Å². The Morgan fingerprint density at radius 2 is 1.55 bits per heavy atom. The van der Waals surface area contributed by atoms with E-state index in [0.29, 0.717) is 16.5 Å². The van der Waals surface area contributed by atoms with Gasteiger partial charge >= 0.3 is 0 Å². The van der Waals surface area contributed by atoms with E-state index >= 15 is 0 Å². The van der Waals surface area contributed by atoms with E-state index in [1.807, 2.05) is 19.9 Å². The second kappa shape index (κ2) is 14.3. The molecule has 3 aromatic carbocycles. The lowest BCUT2D eigenvalue weighted by atomic mass is 10.1. The fourth-order valence-electron chi connectivity index (χ4n) is 5.49. The smallest absolute Gasteiger partial charge is 0.264 e. The molecule has 236 valence electrons. The molecule has 0 bridgehead atoms. The Kier molecular flexibility index (Phi) is 10.8. The summed E-state index contributed by atoms with van der Waals surface area (Å²) >= 11 is 6.10. The molecule has 4 rings (SSSR count). The molecule has 0 saturated heterocycles. The summed E-state index contributed by atoms with van der Waals surface area (Å²) in [4.78, 5) is 29.0. The van der Waals surface area contributed by atoms with Gasteiger partial charge in [0.25, 0.3) is 10.0 Å². The molecule has 1 saturated carbocycles. The largest absolute Gasteiger partial charge is 0.493 e. The molecule has 1 aliphatic carbocycles. The first-order chi connectivity index (χ1) is 20.9. The number of sulfonamides is 1. The van der Waals surface area contributed by atoms with Crippen LogP contribution in [0, 0.1) is 13.8 Å². The summed E-state index contributed by atoms with van der Waals surface area (Å²) in [5.74, 6) is -0.198. The number of aryl methyl sites for hydroxylation is 2. The van der Waals surface area contributed by atoms with E-state index in [0.717, 1.165) is 46.7 Å². The topological polar surface area (TPSA) is 105 Å². The lowest BCUT2D eigenvalue weighted by Crippen LogP contribution is -2.52. The van der Waals surface area contributed by atoms with E-state index in [1.54, 1.807) is 43.3 Å². The van der Waals surface area contributed by atoms with Crippen molar-refractivity contribution >= 4 is 39.1 Å². The zero-order valence-corrected chi connectivity index (χ0v) is 27.4. The Balaban J connectivity index is 1.74. The van der Waals surface area contributed by atoms with Gasteiger partial charge in [0.2, 0.25) is 11.8 Å². The summed E-state index contributed by atoms with van der Waals surface area (Å²) in [7, 11) is -1.40. The molecular formula is C33H40ClN3O6S. The van der Waals surface area contributed by atoms with Gasteiger partial charge in [-0.1, -0.05) is 42.6 Å². The monoisotopic (exact) mass is 641 g/mol. The van der Waals surface area contributed by atoms with Crippen molar-refractivity contribution in [1.82, 2.24) is 10.2 Å². The third-order valence-corrected chi connectivity index (χ3v) is 9.87. The predicted molar refractivity (Wildman–Crippen MR) is 172 cm³/mol. The molecule has 11 heteroatoms. The Morgan fingerprint density at radius 3 is 2.14 bits per heavy atom. The predicted octanol–water partition coefficient (Wildman–Crippen LogP) is 5.65. The van der Waals surface area contributed by atoms with Gasteiger partial charge in [0.05, 0.1) is 24.8 Å². The van der Waals surface area contributed by atoms with Gasteiger partial charge in [-0.25, -0.2) is 8.42 Å². The Hall–Kier alpha value is -3.76. The Labute approximate surface area is 265 Å². The van der Waals surface area contributed by atoms with Crippen LogP contribution in [0.4, 0.5) is 5.69 Å². The first-order valence-corrected chi connectivity index (χ1v) is 16.4. The summed E-state index contributed by atoms with van der Waals surface area (Å²) in [6, 6.07) is 15.9. The van der Waals surface area contributed by atoms with Crippen LogP contribution in [0.5, 0.6) is 11.5 Å². The van der Waals surface area contributed by atoms with Crippen LogP contribution in [0.2, 0.25) is 5.02 Å². The number of nitrogens with zero attached hydrogens (tertiary/aromatic N) is 2. The van der Waals surface area contributed by atoms with Crippen LogP contribution in [-0.2, 0) is 26.2 Å². The molecule has 0 aliphatic heterocycles. The molecule has 3 aromatic rings. The van der Waals surface area contributed by atoms with Gasteiger partial charge < -0.3 is 19.7 Å². The van der Waals surface area contributed by atoms with Gasteiger partial charge in [0.1, 0.15) is 12.6 Å². The first-order valence-electron chi connectivity index (χ1n) is 14.6. The molecule has 9 nitrogen and oxygen atoms in total. The normalized spacial score (nSPS) is 14.1. The molecular weight excluding hydrogens is 602 g/mol. The summed E-state index contributed by atoms with van der Waals surface area (Å²) in [5, 5.41) is 3.62. The number of carbonyl (C=O) groups excluding carboxylic acids is 2. The van der Waals surface area contributed by atoms with Crippen LogP contribution in [0.15, 0.2) is 65.6 Å². The first kappa shape index (κ1) is 33.1. The fraction of sp³-hybridized carbons (Fsp3) is 0.394. The van der Waals surface area contributed by atoms with E-state index in [-0.39, 0.29) is 29.1 Å². The Morgan fingerprint density at radius 1 is 0.932 bits per heavy atom. The lowest BCUT2D eigenvalue weighted by Gasteiger charge is -2.32. The summed E-state index contributed by atoms with van der Waals surface area (Å²) in [6.45, 7) is 4.95. The molecule has 1 fully saturated rings. The second-order valence-corrected chi connectivity index (χ2v) is 13.5. The van der Waals surface area contributed by atoms with Crippen LogP contribution in [0.1, 0.15) is 49.3 Å². The number of hydrogen-bond acceptors (Lipinski definition) is 6. The molecule has 0 spiro atoms.